The van der Waals surface area contributed by atoms with Crippen LogP contribution in [0.2, 0.25) is 0 Å². The molecule has 1 N–H and O–H groups in total. The highest BCUT2D eigenvalue weighted by atomic mass is 16.6. The van der Waals surface area contributed by atoms with Gasteiger partial charge in [-0.05, 0) is 38.1 Å². The second-order valence-electron chi connectivity index (χ2n) is 8.68. The number of para-hydroxylation sites is 1. The van der Waals surface area contributed by atoms with Gasteiger partial charge in [-0.2, -0.15) is 5.10 Å². The summed E-state index contributed by atoms with van der Waals surface area (Å²) in [6.07, 6.45) is 1.71. The van der Waals surface area contributed by atoms with Crippen LogP contribution >= 0.6 is 0 Å². The Morgan fingerprint density at radius 1 is 1.00 bits per heavy atom. The molecule has 3 aromatic carbocycles. The fraction of sp³-hybridized carbons (Fsp3) is 0.107. The van der Waals surface area contributed by atoms with Crippen LogP contribution in [0, 0.1) is 24.0 Å². The molecule has 0 aliphatic rings. The van der Waals surface area contributed by atoms with E-state index in [1.807, 2.05) is 57.3 Å². The number of nitro groups is 1. The fourth-order valence-corrected chi connectivity index (χ4v) is 4.01. The van der Waals surface area contributed by atoms with Crippen molar-refractivity contribution in [3.8, 4) is 22.8 Å². The van der Waals surface area contributed by atoms with Crippen molar-refractivity contribution in [2.24, 2.45) is 7.05 Å². The van der Waals surface area contributed by atoms with Gasteiger partial charge < -0.3 is 10.1 Å². The van der Waals surface area contributed by atoms with Crippen molar-refractivity contribution in [2.75, 3.05) is 5.32 Å². The molecular formula is C28H23N5O4. The van der Waals surface area contributed by atoms with Crippen LogP contribution in [0.25, 0.3) is 22.2 Å². The van der Waals surface area contributed by atoms with Gasteiger partial charge >= 0.3 is 0 Å². The molecule has 184 valence electrons. The first-order valence-electron chi connectivity index (χ1n) is 11.5. The molecule has 5 rings (SSSR count). The minimum absolute atomic E-state index is 0.203. The van der Waals surface area contributed by atoms with E-state index in [0.29, 0.717) is 27.9 Å². The van der Waals surface area contributed by atoms with Gasteiger partial charge in [0, 0.05) is 35.8 Å². The molecule has 0 saturated heterocycles. The number of rotatable bonds is 6. The number of aryl methyl sites for hydroxylation is 2. The number of aromatic nitrogens is 3. The quantitative estimate of drug-likeness (QED) is 0.222. The number of fused-ring (bicyclic) bond motifs is 1. The maximum atomic E-state index is 13.5. The van der Waals surface area contributed by atoms with Crippen molar-refractivity contribution in [3.05, 3.63) is 106 Å². The van der Waals surface area contributed by atoms with Crippen molar-refractivity contribution >= 4 is 28.2 Å². The van der Waals surface area contributed by atoms with Crippen molar-refractivity contribution in [1.29, 1.82) is 0 Å². The van der Waals surface area contributed by atoms with E-state index < -0.39 is 10.8 Å². The first-order valence-corrected chi connectivity index (χ1v) is 11.5. The van der Waals surface area contributed by atoms with Crippen LogP contribution in [0.15, 0.2) is 79.0 Å². The predicted octanol–water partition coefficient (Wildman–Crippen LogP) is 6.20. The Balaban J connectivity index is 1.53. The largest absolute Gasteiger partial charge is 0.457 e. The van der Waals surface area contributed by atoms with Crippen LogP contribution in [-0.4, -0.2) is 25.6 Å². The lowest BCUT2D eigenvalue weighted by molar-refractivity contribution is -0.384. The maximum absolute atomic E-state index is 13.5. The highest BCUT2D eigenvalue weighted by Crippen LogP contribution is 2.31. The van der Waals surface area contributed by atoms with Gasteiger partial charge in [-0.25, -0.2) is 4.98 Å². The van der Waals surface area contributed by atoms with Gasteiger partial charge in [0.15, 0.2) is 0 Å². The SMILES string of the molecule is Cc1ccc(Oc2cc(NC(=O)c3cc(-c4cnn(C)c4C)nc4ccccc34)cc([N+](=O)[O-])c2)cc1. The van der Waals surface area contributed by atoms with Crippen LogP contribution in [0.5, 0.6) is 11.5 Å². The van der Waals surface area contributed by atoms with E-state index in [4.69, 9.17) is 9.72 Å². The van der Waals surface area contributed by atoms with Gasteiger partial charge in [-0.1, -0.05) is 35.9 Å². The zero-order chi connectivity index (χ0) is 26.1. The number of nitrogens with zero attached hydrogens (tertiary/aromatic N) is 4. The van der Waals surface area contributed by atoms with Crippen molar-refractivity contribution in [2.45, 2.75) is 13.8 Å². The van der Waals surface area contributed by atoms with Gasteiger partial charge in [-0.3, -0.25) is 19.6 Å². The number of ether oxygens (including phenoxy) is 1. The zero-order valence-electron chi connectivity index (χ0n) is 20.4. The third-order valence-electron chi connectivity index (χ3n) is 6.09. The summed E-state index contributed by atoms with van der Waals surface area (Å²) in [5.74, 6) is 0.336. The Morgan fingerprint density at radius 2 is 1.76 bits per heavy atom. The molecule has 0 aliphatic heterocycles. The molecule has 0 bridgehead atoms. The number of benzene rings is 3. The van der Waals surface area contributed by atoms with Crippen molar-refractivity contribution in [3.63, 3.8) is 0 Å². The van der Waals surface area contributed by atoms with Crippen molar-refractivity contribution in [1.82, 2.24) is 14.8 Å². The molecule has 0 saturated carbocycles. The monoisotopic (exact) mass is 493 g/mol. The Bertz CT molecular complexity index is 1660. The van der Waals surface area contributed by atoms with Crippen LogP contribution in [0.1, 0.15) is 21.6 Å². The van der Waals surface area contributed by atoms with E-state index in [-0.39, 0.29) is 17.1 Å². The number of carbonyl (C=O) groups excluding carboxylic acids is 1. The second kappa shape index (κ2) is 9.54. The summed E-state index contributed by atoms with van der Waals surface area (Å²) in [6.45, 7) is 3.88. The van der Waals surface area contributed by atoms with Crippen LogP contribution in [-0.2, 0) is 7.05 Å². The molecule has 37 heavy (non-hydrogen) atoms. The van der Waals surface area contributed by atoms with Crippen LogP contribution in [0.3, 0.4) is 0 Å². The molecule has 0 radical (unpaired) electrons. The average Bonchev–Trinajstić information content (AvgIpc) is 3.22. The third-order valence-corrected chi connectivity index (χ3v) is 6.09. The topological polar surface area (TPSA) is 112 Å². The average molecular weight is 494 g/mol. The molecular weight excluding hydrogens is 470 g/mol. The van der Waals surface area contributed by atoms with Crippen LogP contribution < -0.4 is 10.1 Å². The van der Waals surface area contributed by atoms with E-state index in [1.54, 1.807) is 35.1 Å². The number of anilines is 1. The lowest BCUT2D eigenvalue weighted by Gasteiger charge is -2.12. The minimum Gasteiger partial charge on any atom is -0.457 e. The molecule has 2 heterocycles. The van der Waals surface area contributed by atoms with E-state index in [9.17, 15) is 14.9 Å². The number of nitrogens with one attached hydrogen (secondary N) is 1. The zero-order valence-corrected chi connectivity index (χ0v) is 20.4. The Hall–Kier alpha value is -5.05. The number of amides is 1. The summed E-state index contributed by atoms with van der Waals surface area (Å²) in [5, 5.41) is 19.3. The van der Waals surface area contributed by atoms with Crippen LogP contribution in [0.4, 0.5) is 11.4 Å². The number of nitro benzene ring substituents is 1. The maximum Gasteiger partial charge on any atom is 0.275 e. The number of hydrogen-bond donors (Lipinski definition) is 1. The summed E-state index contributed by atoms with van der Waals surface area (Å²) in [6, 6.07) is 20.5. The first-order chi connectivity index (χ1) is 17.8. The van der Waals surface area contributed by atoms with Gasteiger partial charge in [0.1, 0.15) is 11.5 Å². The number of pyridine rings is 1. The second-order valence-corrected chi connectivity index (χ2v) is 8.68. The minimum atomic E-state index is -0.525. The van der Waals surface area contributed by atoms with E-state index in [2.05, 4.69) is 10.4 Å². The lowest BCUT2D eigenvalue weighted by atomic mass is 10.0. The summed E-state index contributed by atoms with van der Waals surface area (Å²) < 4.78 is 7.58. The summed E-state index contributed by atoms with van der Waals surface area (Å²) >= 11 is 0. The van der Waals surface area contributed by atoms with Gasteiger partial charge in [0.2, 0.25) is 0 Å². The van der Waals surface area contributed by atoms with Crippen molar-refractivity contribution < 1.29 is 14.5 Å². The molecule has 0 fully saturated rings. The molecule has 0 unspecified atom stereocenters. The molecule has 0 aliphatic carbocycles. The number of hydrogen-bond acceptors (Lipinski definition) is 6. The molecule has 1 amide bonds. The molecule has 2 aromatic heterocycles. The Labute approximate surface area is 212 Å². The Morgan fingerprint density at radius 3 is 2.46 bits per heavy atom. The number of carbonyl (C=O) groups is 1. The van der Waals surface area contributed by atoms with Gasteiger partial charge in [0.05, 0.1) is 39.6 Å². The molecule has 9 heteroatoms. The molecule has 5 aromatic rings. The Kier molecular flexibility index (Phi) is 6.10. The summed E-state index contributed by atoms with van der Waals surface area (Å²) in [4.78, 5) is 29.3. The normalized spacial score (nSPS) is 10.9. The van der Waals surface area contributed by atoms with E-state index in [1.165, 1.54) is 12.1 Å². The molecule has 0 atom stereocenters. The summed E-state index contributed by atoms with van der Waals surface area (Å²) in [5.41, 5.74) is 4.46. The summed E-state index contributed by atoms with van der Waals surface area (Å²) in [7, 11) is 1.84. The molecule has 9 nitrogen and oxygen atoms in total. The highest BCUT2D eigenvalue weighted by molar-refractivity contribution is 6.13. The standard InChI is InChI=1S/C28H23N5O4/c1-17-8-10-21(11-9-17)37-22-13-19(12-20(14-22)33(35)36)30-28(34)24-15-27(25-16-29-32(3)18(25)2)31-26-7-5-4-6-23(24)26/h4-16H,1-3H3,(H,30,34). The smallest absolute Gasteiger partial charge is 0.275 e. The molecule has 0 spiro atoms. The fourth-order valence-electron chi connectivity index (χ4n) is 4.01. The van der Waals surface area contributed by atoms with Gasteiger partial charge in [-0.15, -0.1) is 0 Å². The highest BCUT2D eigenvalue weighted by Gasteiger charge is 2.18. The van der Waals surface area contributed by atoms with Gasteiger partial charge in [0.25, 0.3) is 11.6 Å². The predicted molar refractivity (Wildman–Crippen MR) is 141 cm³/mol. The first kappa shape index (κ1) is 23.7. The van der Waals surface area contributed by atoms with E-state index >= 15 is 0 Å². The lowest BCUT2D eigenvalue weighted by Crippen LogP contribution is -2.13. The third kappa shape index (κ3) is 4.87. The van der Waals surface area contributed by atoms with E-state index in [0.717, 1.165) is 16.8 Å². The number of non-ortho nitro benzene ring substituents is 1.